The molecule has 0 aliphatic heterocycles. The number of carbonyl (C=O) groups excluding carboxylic acids is 1. The molecule has 1 aromatic heterocycles. The molecule has 1 heterocycles. The monoisotopic (exact) mass is 403 g/mol. The van der Waals surface area contributed by atoms with Crippen LogP contribution in [0.25, 0.3) is 0 Å². The van der Waals surface area contributed by atoms with Crippen molar-refractivity contribution in [2.45, 2.75) is 32.2 Å². The zero-order valence-corrected chi connectivity index (χ0v) is 16.6. The summed E-state index contributed by atoms with van der Waals surface area (Å²) in [6, 6.07) is 7.93. The molecule has 0 spiro atoms. The van der Waals surface area contributed by atoms with E-state index in [2.05, 4.69) is 5.32 Å². The Morgan fingerprint density at radius 1 is 1.14 bits per heavy atom. The minimum absolute atomic E-state index is 0.0627. The van der Waals surface area contributed by atoms with Crippen LogP contribution in [0.5, 0.6) is 11.5 Å². The fourth-order valence-corrected chi connectivity index (χ4v) is 2.82. The topological polar surface area (TPSA) is 113 Å². The van der Waals surface area contributed by atoms with Gasteiger partial charge in [-0.15, -0.1) is 0 Å². The highest BCUT2D eigenvalue weighted by Gasteiger charge is 2.08. The normalized spacial score (nSPS) is 10.4. The molecule has 9 nitrogen and oxygen atoms in total. The number of pyridine rings is 1. The molecule has 1 N–H and O–H groups in total. The summed E-state index contributed by atoms with van der Waals surface area (Å²) >= 11 is 0. The molecule has 0 atom stereocenters. The molecule has 0 aliphatic rings. The number of carbonyl (C=O) groups is 1. The zero-order chi connectivity index (χ0) is 21.2. The maximum Gasteiger partial charge on any atom is 0.285 e. The Morgan fingerprint density at radius 3 is 2.59 bits per heavy atom. The van der Waals surface area contributed by atoms with Gasteiger partial charge in [0.05, 0.1) is 25.3 Å². The summed E-state index contributed by atoms with van der Waals surface area (Å²) < 4.78 is 11.8. The highest BCUT2D eigenvalue weighted by Crippen LogP contribution is 2.27. The second kappa shape index (κ2) is 10.8. The lowest BCUT2D eigenvalue weighted by atomic mass is 10.1. The van der Waals surface area contributed by atoms with E-state index >= 15 is 0 Å². The highest BCUT2D eigenvalue weighted by atomic mass is 16.6. The van der Waals surface area contributed by atoms with Gasteiger partial charge in [0, 0.05) is 31.6 Å². The first-order valence-corrected chi connectivity index (χ1v) is 9.27. The van der Waals surface area contributed by atoms with Gasteiger partial charge in [-0.3, -0.25) is 19.7 Å². The van der Waals surface area contributed by atoms with E-state index in [1.165, 1.54) is 22.9 Å². The molecule has 0 radical (unpaired) electrons. The van der Waals surface area contributed by atoms with Crippen LogP contribution in [0.3, 0.4) is 0 Å². The van der Waals surface area contributed by atoms with Crippen molar-refractivity contribution in [3.05, 3.63) is 62.6 Å². The van der Waals surface area contributed by atoms with Crippen LogP contribution in [-0.4, -0.2) is 36.2 Å². The number of nitrogens with one attached hydrogen (secondary N) is 1. The van der Waals surface area contributed by atoms with E-state index < -0.39 is 4.92 Å². The summed E-state index contributed by atoms with van der Waals surface area (Å²) in [4.78, 5) is 34.0. The number of nitrogens with zero attached hydrogens (tertiary/aromatic N) is 2. The highest BCUT2D eigenvalue weighted by molar-refractivity contribution is 5.76. The smallest absolute Gasteiger partial charge is 0.285 e. The number of hydrogen-bond donors (Lipinski definition) is 1. The van der Waals surface area contributed by atoms with E-state index in [0.717, 1.165) is 5.56 Å². The third-order valence-electron chi connectivity index (χ3n) is 4.42. The second-order valence-electron chi connectivity index (χ2n) is 6.42. The van der Waals surface area contributed by atoms with Gasteiger partial charge in [0.2, 0.25) is 5.91 Å². The number of ether oxygens (including phenoxy) is 2. The quantitative estimate of drug-likeness (QED) is 0.350. The Bertz CT molecular complexity index is 909. The number of nitro groups is 1. The summed E-state index contributed by atoms with van der Waals surface area (Å²) in [7, 11) is 3.14. The van der Waals surface area contributed by atoms with E-state index in [1.807, 2.05) is 18.2 Å². The molecular formula is C20H25N3O6. The van der Waals surface area contributed by atoms with Crippen molar-refractivity contribution in [3.63, 3.8) is 0 Å². The zero-order valence-electron chi connectivity index (χ0n) is 16.6. The largest absolute Gasteiger partial charge is 0.493 e. The Hall–Kier alpha value is -3.36. The van der Waals surface area contributed by atoms with E-state index in [0.29, 0.717) is 50.3 Å². The SMILES string of the molecule is COc1ccc(CCC(=O)NCCCCn2cc([N+](=O)[O-])ccc2=O)cc1OC. The van der Waals surface area contributed by atoms with Crippen molar-refractivity contribution in [1.82, 2.24) is 9.88 Å². The van der Waals surface area contributed by atoms with Gasteiger partial charge in [-0.05, 0) is 37.0 Å². The van der Waals surface area contributed by atoms with E-state index in [-0.39, 0.29) is 17.2 Å². The molecular weight excluding hydrogens is 378 g/mol. The van der Waals surface area contributed by atoms with Crippen molar-refractivity contribution in [2.75, 3.05) is 20.8 Å². The summed E-state index contributed by atoms with van der Waals surface area (Å²) in [6.07, 6.45) is 3.45. The second-order valence-corrected chi connectivity index (χ2v) is 6.42. The van der Waals surface area contributed by atoms with Crippen molar-refractivity contribution >= 4 is 11.6 Å². The molecule has 0 aliphatic carbocycles. The van der Waals surface area contributed by atoms with Gasteiger partial charge in [0.15, 0.2) is 11.5 Å². The first kappa shape index (κ1) is 21.9. The van der Waals surface area contributed by atoms with E-state index in [9.17, 15) is 19.7 Å². The maximum atomic E-state index is 12.0. The fraction of sp³-hybridized carbons (Fsp3) is 0.400. The molecule has 2 rings (SSSR count). The molecule has 0 saturated carbocycles. The average molecular weight is 403 g/mol. The molecule has 0 saturated heterocycles. The number of rotatable bonds is 11. The van der Waals surface area contributed by atoms with Crippen LogP contribution in [0.2, 0.25) is 0 Å². The van der Waals surface area contributed by atoms with Crippen LogP contribution in [-0.2, 0) is 17.8 Å². The van der Waals surface area contributed by atoms with Crippen molar-refractivity contribution in [1.29, 1.82) is 0 Å². The maximum absolute atomic E-state index is 12.0. The van der Waals surface area contributed by atoms with Crippen LogP contribution in [0.15, 0.2) is 41.3 Å². The van der Waals surface area contributed by atoms with Crippen LogP contribution in [0.1, 0.15) is 24.8 Å². The summed E-state index contributed by atoms with van der Waals surface area (Å²) in [5.74, 6) is 1.21. The molecule has 29 heavy (non-hydrogen) atoms. The number of hydrogen-bond acceptors (Lipinski definition) is 6. The lowest BCUT2D eigenvalue weighted by molar-refractivity contribution is -0.385. The van der Waals surface area contributed by atoms with Gasteiger partial charge in [0.1, 0.15) is 0 Å². The predicted octanol–water partition coefficient (Wildman–Crippen LogP) is 2.30. The Labute approximate surface area is 168 Å². The van der Waals surface area contributed by atoms with Gasteiger partial charge in [-0.2, -0.15) is 0 Å². The van der Waals surface area contributed by atoms with Crippen LogP contribution < -0.4 is 20.3 Å². The number of unbranched alkanes of at least 4 members (excludes halogenated alkanes) is 1. The Morgan fingerprint density at radius 2 is 1.90 bits per heavy atom. The van der Waals surface area contributed by atoms with E-state index in [1.54, 1.807) is 14.2 Å². The molecule has 156 valence electrons. The van der Waals surface area contributed by atoms with Crippen molar-refractivity contribution in [3.8, 4) is 11.5 Å². The lowest BCUT2D eigenvalue weighted by Gasteiger charge is -2.10. The summed E-state index contributed by atoms with van der Waals surface area (Å²) in [5.41, 5.74) is 0.575. The minimum Gasteiger partial charge on any atom is -0.493 e. The van der Waals surface area contributed by atoms with Crippen molar-refractivity contribution < 1.29 is 19.2 Å². The molecule has 0 unspecified atom stereocenters. The third kappa shape index (κ3) is 6.63. The molecule has 0 bridgehead atoms. The van der Waals surface area contributed by atoms with E-state index in [4.69, 9.17) is 9.47 Å². The minimum atomic E-state index is -0.533. The Balaban J connectivity index is 1.71. The molecule has 2 aromatic rings. The standard InChI is InChI=1S/C20H25N3O6/c1-28-17-8-5-15(13-18(17)29-2)6-9-19(24)21-11-3-4-12-22-14-16(23(26)27)7-10-20(22)25/h5,7-8,10,13-14H,3-4,6,9,11-12H2,1-2H3,(H,21,24). The lowest BCUT2D eigenvalue weighted by Crippen LogP contribution is -2.25. The number of methoxy groups -OCH3 is 2. The van der Waals surface area contributed by atoms with Gasteiger partial charge in [0.25, 0.3) is 11.2 Å². The number of aryl methyl sites for hydroxylation is 2. The molecule has 9 heteroatoms. The molecule has 1 aromatic carbocycles. The van der Waals surface area contributed by atoms with Gasteiger partial charge in [-0.25, -0.2) is 0 Å². The summed E-state index contributed by atoms with van der Waals surface area (Å²) in [5, 5.41) is 13.6. The average Bonchev–Trinajstić information content (AvgIpc) is 2.72. The van der Waals surface area contributed by atoms with Crippen LogP contribution in [0.4, 0.5) is 5.69 Å². The van der Waals surface area contributed by atoms with Gasteiger partial charge < -0.3 is 19.4 Å². The third-order valence-corrected chi connectivity index (χ3v) is 4.42. The summed E-state index contributed by atoms with van der Waals surface area (Å²) in [6.45, 7) is 0.844. The van der Waals surface area contributed by atoms with Gasteiger partial charge in [-0.1, -0.05) is 6.07 Å². The first-order valence-electron chi connectivity index (χ1n) is 9.27. The number of benzene rings is 1. The van der Waals surface area contributed by atoms with Crippen LogP contribution in [0, 0.1) is 10.1 Å². The molecule has 0 fully saturated rings. The van der Waals surface area contributed by atoms with Crippen LogP contribution >= 0.6 is 0 Å². The van der Waals surface area contributed by atoms with Gasteiger partial charge >= 0.3 is 0 Å². The van der Waals surface area contributed by atoms with Crippen molar-refractivity contribution in [2.24, 2.45) is 0 Å². The fourth-order valence-electron chi connectivity index (χ4n) is 2.82. The number of aromatic nitrogens is 1. The Kier molecular flexibility index (Phi) is 8.20. The predicted molar refractivity (Wildman–Crippen MR) is 107 cm³/mol. The molecule has 1 amide bonds. The number of amides is 1. The first-order chi connectivity index (χ1) is 13.9.